The van der Waals surface area contributed by atoms with Crippen LogP contribution in [0.2, 0.25) is 10.0 Å². The maximum atomic E-state index is 14.1. The summed E-state index contributed by atoms with van der Waals surface area (Å²) in [6, 6.07) is 14.0. The highest BCUT2D eigenvalue weighted by atomic mass is 35.5. The van der Waals surface area contributed by atoms with E-state index in [1.54, 1.807) is 0 Å². The molecule has 0 saturated heterocycles. The lowest BCUT2D eigenvalue weighted by atomic mass is 9.71. The number of halogens is 2. The van der Waals surface area contributed by atoms with Crippen LogP contribution < -0.4 is 16.0 Å². The molecule has 3 aliphatic rings. The standard InChI is InChI=1S/C27H33Cl2N3O/c28-20-13-11-19(12-14-20)27(31-23-16-15-21(29)17-24(23)32-27)25(18-7-3-1-4-8-18)26(33)30-22-9-5-2-6-10-22/h11-18,22,25,31-32H,1-10H2,(H,30,33). The smallest absolute Gasteiger partial charge is 0.228 e. The minimum Gasteiger partial charge on any atom is -0.357 e. The Bertz CT molecular complexity index is 983. The van der Waals surface area contributed by atoms with Gasteiger partial charge in [-0.15, -0.1) is 0 Å². The summed E-state index contributed by atoms with van der Waals surface area (Å²) in [5, 5.41) is 12.3. The summed E-state index contributed by atoms with van der Waals surface area (Å²) >= 11 is 12.6. The molecule has 2 fully saturated rings. The van der Waals surface area contributed by atoms with Crippen LogP contribution in [-0.4, -0.2) is 11.9 Å². The zero-order chi connectivity index (χ0) is 22.8. The highest BCUT2D eigenvalue weighted by Gasteiger charge is 2.52. The zero-order valence-corrected chi connectivity index (χ0v) is 20.5. The van der Waals surface area contributed by atoms with E-state index in [4.69, 9.17) is 23.2 Å². The van der Waals surface area contributed by atoms with Crippen LogP contribution >= 0.6 is 23.2 Å². The van der Waals surface area contributed by atoms with Gasteiger partial charge in [0.1, 0.15) is 5.66 Å². The Labute approximate surface area is 206 Å². The van der Waals surface area contributed by atoms with Gasteiger partial charge in [-0.1, -0.05) is 73.9 Å². The second kappa shape index (κ2) is 9.76. The monoisotopic (exact) mass is 485 g/mol. The number of hydrogen-bond acceptors (Lipinski definition) is 3. The summed E-state index contributed by atoms with van der Waals surface area (Å²) in [5.41, 5.74) is 2.18. The molecule has 0 bridgehead atoms. The first-order valence-electron chi connectivity index (χ1n) is 12.5. The number of rotatable bonds is 5. The number of anilines is 2. The van der Waals surface area contributed by atoms with Gasteiger partial charge in [-0.3, -0.25) is 4.79 Å². The summed E-state index contributed by atoms with van der Waals surface area (Å²) in [5.74, 6) is 0.192. The number of carbonyl (C=O) groups excluding carboxylic acids is 1. The second-order valence-electron chi connectivity index (χ2n) is 9.97. The predicted molar refractivity (Wildman–Crippen MR) is 137 cm³/mol. The van der Waals surface area contributed by atoms with E-state index in [0.29, 0.717) is 16.0 Å². The molecule has 5 rings (SSSR count). The first-order valence-corrected chi connectivity index (χ1v) is 13.2. The minimum atomic E-state index is -0.752. The van der Waals surface area contributed by atoms with Gasteiger partial charge >= 0.3 is 0 Å². The minimum absolute atomic E-state index is 0.155. The lowest BCUT2D eigenvalue weighted by Gasteiger charge is -2.44. The number of carbonyl (C=O) groups is 1. The fourth-order valence-electron chi connectivity index (χ4n) is 6.15. The molecule has 2 unspecified atom stereocenters. The van der Waals surface area contributed by atoms with Gasteiger partial charge in [0.2, 0.25) is 5.91 Å². The second-order valence-corrected chi connectivity index (χ2v) is 10.8. The Kier molecular flexibility index (Phi) is 6.76. The van der Waals surface area contributed by atoms with Crippen LogP contribution in [0.25, 0.3) is 0 Å². The molecular formula is C27H33Cl2N3O. The largest absolute Gasteiger partial charge is 0.357 e. The fraction of sp³-hybridized carbons (Fsp3) is 0.519. The first kappa shape index (κ1) is 22.9. The third-order valence-electron chi connectivity index (χ3n) is 7.77. The SMILES string of the molecule is O=C(NC1CCCCC1)C(C1CCCCC1)C1(c2ccc(Cl)cc2)Nc2ccc(Cl)cc2N1. The van der Waals surface area contributed by atoms with Crippen molar-refractivity contribution in [3.63, 3.8) is 0 Å². The molecule has 33 heavy (non-hydrogen) atoms. The van der Waals surface area contributed by atoms with Gasteiger partial charge in [0.05, 0.1) is 17.3 Å². The Morgan fingerprint density at radius 3 is 2.12 bits per heavy atom. The van der Waals surface area contributed by atoms with Crippen molar-refractivity contribution in [1.82, 2.24) is 5.32 Å². The van der Waals surface area contributed by atoms with Crippen LogP contribution in [0, 0.1) is 11.8 Å². The zero-order valence-electron chi connectivity index (χ0n) is 19.0. The predicted octanol–water partition coefficient (Wildman–Crippen LogP) is 7.33. The molecule has 2 aromatic rings. The van der Waals surface area contributed by atoms with Gasteiger partial charge < -0.3 is 16.0 Å². The highest BCUT2D eigenvalue weighted by Crippen LogP contribution is 2.49. The van der Waals surface area contributed by atoms with Crippen LogP contribution in [0.4, 0.5) is 11.4 Å². The summed E-state index contributed by atoms with van der Waals surface area (Å²) < 4.78 is 0. The Morgan fingerprint density at radius 2 is 1.42 bits per heavy atom. The maximum absolute atomic E-state index is 14.1. The Balaban J connectivity index is 1.57. The topological polar surface area (TPSA) is 53.2 Å². The van der Waals surface area contributed by atoms with Crippen LogP contribution in [0.15, 0.2) is 42.5 Å². The lowest BCUT2D eigenvalue weighted by molar-refractivity contribution is -0.130. The maximum Gasteiger partial charge on any atom is 0.228 e. The van der Waals surface area contributed by atoms with Gasteiger partial charge in [0.25, 0.3) is 0 Å². The normalized spacial score (nSPS) is 24.4. The average molecular weight is 486 g/mol. The van der Waals surface area contributed by atoms with E-state index in [0.717, 1.165) is 42.6 Å². The average Bonchev–Trinajstić information content (AvgIpc) is 3.20. The summed E-state index contributed by atoms with van der Waals surface area (Å²) in [6.07, 6.45) is 11.5. The molecular weight excluding hydrogens is 453 g/mol. The van der Waals surface area contributed by atoms with Gasteiger partial charge in [-0.05, 0) is 67.5 Å². The van der Waals surface area contributed by atoms with Crippen LogP contribution in [0.1, 0.15) is 69.8 Å². The molecule has 2 aliphatic carbocycles. The van der Waals surface area contributed by atoms with E-state index >= 15 is 0 Å². The number of hydrogen-bond donors (Lipinski definition) is 3. The quantitative estimate of drug-likeness (QED) is 0.415. The third kappa shape index (κ3) is 4.70. The molecule has 176 valence electrons. The molecule has 0 radical (unpaired) electrons. The molecule has 0 spiro atoms. The van der Waals surface area contributed by atoms with Gasteiger partial charge in [0, 0.05) is 16.1 Å². The first-order chi connectivity index (χ1) is 16.0. The van der Waals surface area contributed by atoms with Crippen molar-refractivity contribution in [1.29, 1.82) is 0 Å². The fourth-order valence-corrected chi connectivity index (χ4v) is 6.44. The van der Waals surface area contributed by atoms with E-state index in [9.17, 15) is 4.79 Å². The van der Waals surface area contributed by atoms with Crippen molar-refractivity contribution in [2.75, 3.05) is 10.6 Å². The Morgan fingerprint density at radius 1 is 0.818 bits per heavy atom. The molecule has 3 N–H and O–H groups in total. The Hall–Kier alpha value is -1.91. The van der Waals surface area contributed by atoms with Gasteiger partial charge in [0.15, 0.2) is 0 Å². The van der Waals surface area contributed by atoms with E-state index in [1.165, 1.54) is 38.5 Å². The van der Waals surface area contributed by atoms with Crippen LogP contribution in [0.5, 0.6) is 0 Å². The molecule has 2 atom stereocenters. The number of fused-ring (bicyclic) bond motifs is 1. The third-order valence-corrected chi connectivity index (χ3v) is 8.25. The molecule has 1 aliphatic heterocycles. The van der Waals surface area contributed by atoms with E-state index in [2.05, 4.69) is 16.0 Å². The van der Waals surface area contributed by atoms with Crippen molar-refractivity contribution < 1.29 is 4.79 Å². The van der Waals surface area contributed by atoms with Gasteiger partial charge in [-0.2, -0.15) is 0 Å². The van der Waals surface area contributed by atoms with Crippen molar-refractivity contribution in [3.8, 4) is 0 Å². The van der Waals surface area contributed by atoms with E-state index in [1.807, 2.05) is 42.5 Å². The van der Waals surface area contributed by atoms with Crippen molar-refractivity contribution in [2.45, 2.75) is 75.9 Å². The molecule has 2 saturated carbocycles. The van der Waals surface area contributed by atoms with Crippen molar-refractivity contribution in [3.05, 3.63) is 58.1 Å². The summed E-state index contributed by atoms with van der Waals surface area (Å²) in [6.45, 7) is 0. The molecule has 1 amide bonds. The lowest BCUT2D eigenvalue weighted by Crippen LogP contribution is -2.56. The van der Waals surface area contributed by atoms with E-state index in [-0.39, 0.29) is 17.9 Å². The molecule has 4 nitrogen and oxygen atoms in total. The summed E-state index contributed by atoms with van der Waals surface area (Å²) in [4.78, 5) is 14.1. The number of amides is 1. The van der Waals surface area contributed by atoms with Gasteiger partial charge in [-0.25, -0.2) is 0 Å². The summed E-state index contributed by atoms with van der Waals surface area (Å²) in [7, 11) is 0. The molecule has 0 aromatic heterocycles. The number of benzene rings is 2. The number of nitrogens with one attached hydrogen (secondary N) is 3. The van der Waals surface area contributed by atoms with Crippen LogP contribution in [-0.2, 0) is 10.5 Å². The molecule has 6 heteroatoms. The van der Waals surface area contributed by atoms with Crippen LogP contribution in [0.3, 0.4) is 0 Å². The molecule has 2 aromatic carbocycles. The molecule has 1 heterocycles. The van der Waals surface area contributed by atoms with Crippen molar-refractivity contribution in [2.24, 2.45) is 11.8 Å². The van der Waals surface area contributed by atoms with E-state index < -0.39 is 5.66 Å². The van der Waals surface area contributed by atoms with Crippen molar-refractivity contribution >= 4 is 40.5 Å². The highest BCUT2D eigenvalue weighted by molar-refractivity contribution is 6.31.